The van der Waals surface area contributed by atoms with Crippen molar-refractivity contribution in [2.24, 2.45) is 0 Å². The molecule has 122 valence electrons. The Kier molecular flexibility index (Phi) is 6.16. The summed E-state index contributed by atoms with van der Waals surface area (Å²) in [5.41, 5.74) is 0.755. The number of halogens is 2. The van der Waals surface area contributed by atoms with Crippen LogP contribution in [-0.2, 0) is 16.0 Å². The number of ether oxygens (including phenoxy) is 1. The van der Waals surface area contributed by atoms with E-state index in [2.05, 4.69) is 4.74 Å². The number of hydrogen-bond donors (Lipinski definition) is 0. The highest BCUT2D eigenvalue weighted by Gasteiger charge is 2.49. The minimum Gasteiger partial charge on any atom is -0.462 e. The first-order chi connectivity index (χ1) is 11.0. The van der Waals surface area contributed by atoms with Crippen molar-refractivity contribution in [3.63, 3.8) is 0 Å². The summed E-state index contributed by atoms with van der Waals surface area (Å²) < 4.78 is 33.7. The molecule has 1 atom stereocenters. The monoisotopic (exact) mass is 336 g/mol. The number of esters is 1. The molecule has 0 radical (unpaired) electrons. The molecule has 0 aromatic heterocycles. The minimum atomic E-state index is -3.56. The van der Waals surface area contributed by atoms with Gasteiger partial charge in [0.1, 0.15) is 0 Å². The van der Waals surface area contributed by atoms with Gasteiger partial charge in [0.25, 0.3) is 0 Å². The molecule has 0 N–H and O–H groups in total. The zero-order chi connectivity index (χ0) is 16.7. The van der Waals surface area contributed by atoms with Crippen molar-refractivity contribution in [1.82, 2.24) is 0 Å². The van der Waals surface area contributed by atoms with E-state index in [1.807, 2.05) is 12.1 Å². The summed E-state index contributed by atoms with van der Waals surface area (Å²) in [7, 11) is 0. The van der Waals surface area contributed by atoms with Crippen molar-refractivity contribution < 1.29 is 18.3 Å². The van der Waals surface area contributed by atoms with Crippen LogP contribution in [0.25, 0.3) is 0 Å². The van der Waals surface area contributed by atoms with Crippen molar-refractivity contribution in [2.45, 2.75) is 29.4 Å². The normalized spacial score (nSPS) is 12.7. The van der Waals surface area contributed by atoms with Gasteiger partial charge in [-0.15, -0.1) is 11.8 Å². The second-order valence-corrected chi connectivity index (χ2v) is 6.23. The average molecular weight is 336 g/mol. The lowest BCUT2D eigenvalue weighted by Crippen LogP contribution is -2.42. The van der Waals surface area contributed by atoms with Gasteiger partial charge in [0, 0.05) is 4.90 Å². The van der Waals surface area contributed by atoms with E-state index in [0.29, 0.717) is 4.90 Å². The second-order valence-electron chi connectivity index (χ2n) is 4.95. The van der Waals surface area contributed by atoms with Gasteiger partial charge in [0.05, 0.1) is 11.9 Å². The smallest absolute Gasteiger partial charge is 0.378 e. The van der Waals surface area contributed by atoms with E-state index in [1.165, 1.54) is 6.92 Å². The van der Waals surface area contributed by atoms with Gasteiger partial charge in [-0.1, -0.05) is 48.5 Å². The molecule has 0 aliphatic rings. The zero-order valence-electron chi connectivity index (χ0n) is 12.7. The Morgan fingerprint density at radius 1 is 1.09 bits per heavy atom. The number of carbonyl (C=O) groups excluding carboxylic acids is 1. The Bertz CT molecular complexity index is 576. The van der Waals surface area contributed by atoms with Crippen molar-refractivity contribution in [1.29, 1.82) is 0 Å². The molecule has 0 saturated carbocycles. The van der Waals surface area contributed by atoms with Gasteiger partial charge < -0.3 is 4.74 Å². The van der Waals surface area contributed by atoms with Crippen LogP contribution in [0.5, 0.6) is 0 Å². The molecule has 0 spiro atoms. The molecular formula is C18H18F2O2S. The van der Waals surface area contributed by atoms with Crippen LogP contribution in [0.1, 0.15) is 12.5 Å². The first-order valence-corrected chi connectivity index (χ1v) is 8.22. The second kappa shape index (κ2) is 8.11. The fourth-order valence-electron chi connectivity index (χ4n) is 2.09. The first kappa shape index (κ1) is 17.5. The molecular weight excluding hydrogens is 318 g/mol. The van der Waals surface area contributed by atoms with Gasteiger partial charge in [-0.25, -0.2) is 4.79 Å². The summed E-state index contributed by atoms with van der Waals surface area (Å²) in [6.45, 7) is 1.45. The maximum absolute atomic E-state index is 14.5. The Balaban J connectivity index is 2.25. The van der Waals surface area contributed by atoms with E-state index in [9.17, 15) is 13.6 Å². The third-order valence-corrected chi connectivity index (χ3v) is 4.53. The fraction of sp³-hybridized carbons (Fsp3) is 0.278. The molecule has 0 fully saturated rings. The number of alkyl halides is 2. The molecule has 1 unspecified atom stereocenters. The molecule has 23 heavy (non-hydrogen) atoms. The van der Waals surface area contributed by atoms with Crippen LogP contribution < -0.4 is 0 Å². The van der Waals surface area contributed by atoms with Crippen molar-refractivity contribution in [3.8, 4) is 0 Å². The number of benzene rings is 2. The lowest BCUT2D eigenvalue weighted by Gasteiger charge is -2.25. The number of rotatable bonds is 7. The quantitative estimate of drug-likeness (QED) is 0.546. The Labute approximate surface area is 138 Å². The zero-order valence-corrected chi connectivity index (χ0v) is 13.6. The highest BCUT2D eigenvalue weighted by Crippen LogP contribution is 2.37. The van der Waals surface area contributed by atoms with E-state index in [1.54, 1.807) is 48.5 Å². The largest absolute Gasteiger partial charge is 0.462 e. The number of hydrogen-bond acceptors (Lipinski definition) is 3. The lowest BCUT2D eigenvalue weighted by atomic mass is 10.1. The maximum atomic E-state index is 14.5. The molecule has 2 aromatic carbocycles. The van der Waals surface area contributed by atoms with Crippen molar-refractivity contribution >= 4 is 17.7 Å². The Morgan fingerprint density at radius 3 is 2.22 bits per heavy atom. The molecule has 0 saturated heterocycles. The standard InChI is InChI=1S/C18H18F2O2S/c1-2-22-17(21)18(19,20)16(13-14-9-5-3-6-10-14)23-15-11-7-4-8-12-15/h3-12,16H,2,13H2,1H3. The number of carbonyl (C=O) groups is 1. The van der Waals surface area contributed by atoms with Crippen LogP contribution in [0.3, 0.4) is 0 Å². The van der Waals surface area contributed by atoms with E-state index in [0.717, 1.165) is 17.3 Å². The molecule has 2 aromatic rings. The summed E-state index contributed by atoms with van der Waals surface area (Å²) in [4.78, 5) is 12.4. The summed E-state index contributed by atoms with van der Waals surface area (Å²) in [6, 6.07) is 17.9. The molecule has 0 aliphatic carbocycles. The Hall–Kier alpha value is -1.88. The molecule has 0 aliphatic heterocycles. The summed E-state index contributed by atoms with van der Waals surface area (Å²) >= 11 is 0.994. The molecule has 0 heterocycles. The third-order valence-electron chi connectivity index (χ3n) is 3.24. The SMILES string of the molecule is CCOC(=O)C(F)(F)C(Cc1ccccc1)Sc1ccccc1. The van der Waals surface area contributed by atoms with Crippen LogP contribution in [0.15, 0.2) is 65.6 Å². The van der Waals surface area contributed by atoms with E-state index in [4.69, 9.17) is 0 Å². The van der Waals surface area contributed by atoms with Crippen LogP contribution in [0.4, 0.5) is 8.78 Å². The third kappa shape index (κ3) is 4.79. The molecule has 5 heteroatoms. The predicted octanol–water partition coefficient (Wildman–Crippen LogP) is 4.59. The molecule has 0 amide bonds. The summed E-state index contributed by atoms with van der Waals surface area (Å²) in [5, 5.41) is -1.23. The van der Waals surface area contributed by atoms with Gasteiger partial charge in [-0.05, 0) is 31.0 Å². The van der Waals surface area contributed by atoms with Gasteiger partial charge in [0.2, 0.25) is 0 Å². The fourth-order valence-corrected chi connectivity index (χ4v) is 3.26. The van der Waals surface area contributed by atoms with Gasteiger partial charge in [-0.3, -0.25) is 0 Å². The lowest BCUT2D eigenvalue weighted by molar-refractivity contribution is -0.171. The molecule has 0 bridgehead atoms. The maximum Gasteiger partial charge on any atom is 0.378 e. The van der Waals surface area contributed by atoms with Crippen LogP contribution in [0.2, 0.25) is 0 Å². The van der Waals surface area contributed by atoms with Gasteiger partial charge in [0.15, 0.2) is 0 Å². The van der Waals surface area contributed by atoms with E-state index >= 15 is 0 Å². The summed E-state index contributed by atoms with van der Waals surface area (Å²) in [5.74, 6) is -5.03. The van der Waals surface area contributed by atoms with Crippen LogP contribution in [0, 0.1) is 0 Å². The topological polar surface area (TPSA) is 26.3 Å². The minimum absolute atomic E-state index is 0.0670. The summed E-state index contributed by atoms with van der Waals surface area (Å²) in [6.07, 6.45) is 0.0756. The van der Waals surface area contributed by atoms with E-state index in [-0.39, 0.29) is 13.0 Å². The number of thioether (sulfide) groups is 1. The van der Waals surface area contributed by atoms with E-state index < -0.39 is 17.1 Å². The van der Waals surface area contributed by atoms with Crippen LogP contribution in [-0.4, -0.2) is 23.7 Å². The van der Waals surface area contributed by atoms with Gasteiger partial charge >= 0.3 is 11.9 Å². The predicted molar refractivity (Wildman–Crippen MR) is 87.8 cm³/mol. The Morgan fingerprint density at radius 2 is 1.65 bits per heavy atom. The average Bonchev–Trinajstić information content (AvgIpc) is 2.56. The molecule has 2 nitrogen and oxygen atoms in total. The highest BCUT2D eigenvalue weighted by molar-refractivity contribution is 8.00. The van der Waals surface area contributed by atoms with Gasteiger partial charge in [-0.2, -0.15) is 8.78 Å². The molecule has 2 rings (SSSR count). The van der Waals surface area contributed by atoms with Crippen molar-refractivity contribution in [2.75, 3.05) is 6.61 Å². The highest BCUT2D eigenvalue weighted by atomic mass is 32.2. The first-order valence-electron chi connectivity index (χ1n) is 7.34. The van der Waals surface area contributed by atoms with Crippen LogP contribution >= 0.6 is 11.8 Å². The van der Waals surface area contributed by atoms with Crippen molar-refractivity contribution in [3.05, 3.63) is 66.2 Å².